The number of hydrogen-bond acceptors (Lipinski definition) is 1. The summed E-state index contributed by atoms with van der Waals surface area (Å²) in [5.41, 5.74) is 2.23. The highest BCUT2D eigenvalue weighted by Gasteiger charge is 2.07. The van der Waals surface area contributed by atoms with Crippen LogP contribution >= 0.6 is 47.8 Å². The Morgan fingerprint density at radius 2 is 1.56 bits per heavy atom. The summed E-state index contributed by atoms with van der Waals surface area (Å²) in [5, 5.41) is 0.767. The van der Waals surface area contributed by atoms with Crippen LogP contribution in [0.3, 0.4) is 0 Å². The Balaban J connectivity index is 2.38. The van der Waals surface area contributed by atoms with Crippen molar-refractivity contribution in [2.45, 2.75) is 12.3 Å². The van der Waals surface area contributed by atoms with E-state index in [2.05, 4.69) is 47.8 Å². The molecule has 0 amide bonds. The predicted octanol–water partition coefficient (Wildman–Crippen LogP) is 6.21. The molecule has 94 valence electrons. The lowest BCUT2D eigenvalue weighted by Gasteiger charge is -2.12. The van der Waals surface area contributed by atoms with E-state index >= 15 is 0 Å². The van der Waals surface area contributed by atoms with Crippen molar-refractivity contribution in [3.8, 4) is 11.5 Å². The summed E-state index contributed by atoms with van der Waals surface area (Å²) in [7, 11) is 0. The number of rotatable bonds is 3. The number of alkyl halides is 1. The molecular formula is C14H11Br3O. The summed E-state index contributed by atoms with van der Waals surface area (Å²) in [4.78, 5) is 0. The van der Waals surface area contributed by atoms with Gasteiger partial charge in [-0.25, -0.2) is 0 Å². The van der Waals surface area contributed by atoms with Gasteiger partial charge >= 0.3 is 0 Å². The van der Waals surface area contributed by atoms with Crippen molar-refractivity contribution >= 4 is 47.8 Å². The molecule has 0 aliphatic rings. The summed E-state index contributed by atoms with van der Waals surface area (Å²) in [6.45, 7) is 2.04. The van der Waals surface area contributed by atoms with E-state index in [9.17, 15) is 0 Å². The average Bonchev–Trinajstić information content (AvgIpc) is 2.34. The van der Waals surface area contributed by atoms with Gasteiger partial charge < -0.3 is 4.74 Å². The normalized spacial score (nSPS) is 10.4. The highest BCUT2D eigenvalue weighted by molar-refractivity contribution is 9.10. The van der Waals surface area contributed by atoms with Gasteiger partial charge in [-0.05, 0) is 36.8 Å². The minimum atomic E-state index is 0.767. The van der Waals surface area contributed by atoms with Gasteiger partial charge in [-0.2, -0.15) is 0 Å². The second-order valence-electron chi connectivity index (χ2n) is 3.90. The minimum absolute atomic E-state index is 0.767. The van der Waals surface area contributed by atoms with Gasteiger partial charge in [0, 0.05) is 19.8 Å². The van der Waals surface area contributed by atoms with E-state index in [0.29, 0.717) is 0 Å². The predicted molar refractivity (Wildman–Crippen MR) is 85.7 cm³/mol. The molecule has 2 aromatic carbocycles. The van der Waals surface area contributed by atoms with Crippen LogP contribution in [-0.2, 0) is 5.33 Å². The molecule has 0 N–H and O–H groups in total. The van der Waals surface area contributed by atoms with Crippen LogP contribution in [0.5, 0.6) is 11.5 Å². The van der Waals surface area contributed by atoms with E-state index in [4.69, 9.17) is 4.74 Å². The van der Waals surface area contributed by atoms with Crippen LogP contribution < -0.4 is 4.74 Å². The molecule has 0 atom stereocenters. The van der Waals surface area contributed by atoms with E-state index in [1.54, 1.807) is 0 Å². The molecule has 0 saturated heterocycles. The fourth-order valence-corrected chi connectivity index (χ4v) is 2.68. The van der Waals surface area contributed by atoms with Gasteiger partial charge in [-0.15, -0.1) is 0 Å². The smallest absolute Gasteiger partial charge is 0.132 e. The van der Waals surface area contributed by atoms with Crippen molar-refractivity contribution < 1.29 is 4.74 Å². The lowest BCUT2D eigenvalue weighted by Crippen LogP contribution is -1.91. The maximum Gasteiger partial charge on any atom is 0.132 e. The van der Waals surface area contributed by atoms with Gasteiger partial charge in [0.1, 0.15) is 11.5 Å². The first-order chi connectivity index (χ1) is 8.60. The summed E-state index contributed by atoms with van der Waals surface area (Å²) >= 11 is 10.4. The molecule has 0 aliphatic carbocycles. The Labute approximate surface area is 132 Å². The topological polar surface area (TPSA) is 9.23 Å². The second-order valence-corrected chi connectivity index (χ2v) is 6.29. The van der Waals surface area contributed by atoms with Gasteiger partial charge in [0.2, 0.25) is 0 Å². The highest BCUT2D eigenvalue weighted by atomic mass is 79.9. The molecule has 0 aliphatic heterocycles. The Hall–Kier alpha value is -0.320. The summed E-state index contributed by atoms with van der Waals surface area (Å²) < 4.78 is 8.02. The Morgan fingerprint density at radius 1 is 0.944 bits per heavy atom. The molecule has 1 nitrogen and oxygen atoms in total. The Bertz CT molecular complexity index is 567. The molecule has 0 aromatic heterocycles. The zero-order chi connectivity index (χ0) is 13.1. The third kappa shape index (κ3) is 3.37. The molecule has 0 bridgehead atoms. The maximum atomic E-state index is 6.00. The molecule has 0 saturated carbocycles. The third-order valence-corrected chi connectivity index (χ3v) is 4.13. The van der Waals surface area contributed by atoms with E-state index in [0.717, 1.165) is 36.9 Å². The lowest BCUT2D eigenvalue weighted by atomic mass is 10.2. The van der Waals surface area contributed by atoms with Crippen LogP contribution in [0.1, 0.15) is 11.1 Å². The molecule has 0 heterocycles. The maximum absolute atomic E-state index is 6.00. The molecule has 18 heavy (non-hydrogen) atoms. The van der Waals surface area contributed by atoms with Crippen LogP contribution in [0.15, 0.2) is 45.3 Å². The number of ether oxygens (including phenoxy) is 1. The molecule has 2 aromatic rings. The Morgan fingerprint density at radius 3 is 2.22 bits per heavy atom. The number of benzene rings is 2. The number of aryl methyl sites for hydroxylation is 1. The van der Waals surface area contributed by atoms with Gasteiger partial charge in [-0.3, -0.25) is 0 Å². The molecule has 0 unspecified atom stereocenters. The summed E-state index contributed by atoms with van der Waals surface area (Å²) in [6.07, 6.45) is 0. The van der Waals surface area contributed by atoms with Crippen molar-refractivity contribution in [1.29, 1.82) is 0 Å². The first-order valence-electron chi connectivity index (χ1n) is 5.38. The summed E-state index contributed by atoms with van der Waals surface area (Å²) in [5.74, 6) is 1.73. The highest BCUT2D eigenvalue weighted by Crippen LogP contribution is 2.33. The SMILES string of the molecule is Cc1ccc(Br)cc1Oc1cc(Br)ccc1CBr. The van der Waals surface area contributed by atoms with Gasteiger partial charge in [0.25, 0.3) is 0 Å². The second kappa shape index (κ2) is 6.22. The van der Waals surface area contributed by atoms with E-state index in [1.165, 1.54) is 0 Å². The average molecular weight is 435 g/mol. The van der Waals surface area contributed by atoms with Crippen molar-refractivity contribution in [1.82, 2.24) is 0 Å². The van der Waals surface area contributed by atoms with Crippen LogP contribution in [0, 0.1) is 6.92 Å². The van der Waals surface area contributed by atoms with Gasteiger partial charge in [0.05, 0.1) is 0 Å². The van der Waals surface area contributed by atoms with Crippen LogP contribution in [0.4, 0.5) is 0 Å². The first-order valence-corrected chi connectivity index (χ1v) is 8.09. The third-order valence-electron chi connectivity index (χ3n) is 2.54. The zero-order valence-corrected chi connectivity index (χ0v) is 14.5. The summed E-state index contributed by atoms with van der Waals surface area (Å²) in [6, 6.07) is 12.1. The van der Waals surface area contributed by atoms with Gasteiger partial charge in [-0.1, -0.05) is 59.9 Å². The van der Waals surface area contributed by atoms with Crippen molar-refractivity contribution in [3.63, 3.8) is 0 Å². The fraction of sp³-hybridized carbons (Fsp3) is 0.143. The van der Waals surface area contributed by atoms with Crippen LogP contribution in [-0.4, -0.2) is 0 Å². The van der Waals surface area contributed by atoms with Crippen LogP contribution in [0.2, 0.25) is 0 Å². The lowest BCUT2D eigenvalue weighted by molar-refractivity contribution is 0.474. The zero-order valence-electron chi connectivity index (χ0n) is 9.71. The molecule has 0 fully saturated rings. The van der Waals surface area contributed by atoms with Crippen molar-refractivity contribution in [2.75, 3.05) is 0 Å². The van der Waals surface area contributed by atoms with E-state index < -0.39 is 0 Å². The Kier molecular flexibility index (Phi) is 4.87. The molecule has 2 rings (SSSR count). The van der Waals surface area contributed by atoms with Crippen LogP contribution in [0.25, 0.3) is 0 Å². The number of hydrogen-bond donors (Lipinski definition) is 0. The van der Waals surface area contributed by atoms with Crippen molar-refractivity contribution in [3.05, 3.63) is 56.5 Å². The number of halogens is 3. The monoisotopic (exact) mass is 432 g/mol. The van der Waals surface area contributed by atoms with E-state index in [1.807, 2.05) is 43.3 Å². The minimum Gasteiger partial charge on any atom is -0.457 e. The molecule has 0 spiro atoms. The van der Waals surface area contributed by atoms with E-state index in [-0.39, 0.29) is 0 Å². The fourth-order valence-electron chi connectivity index (χ4n) is 1.54. The first kappa shape index (κ1) is 14.1. The molecular weight excluding hydrogens is 424 g/mol. The molecule has 4 heteroatoms. The quantitative estimate of drug-likeness (QED) is 0.522. The molecule has 0 radical (unpaired) electrons. The largest absolute Gasteiger partial charge is 0.457 e. The standard InChI is InChI=1S/C14H11Br3O/c1-9-2-4-11(16)6-13(9)18-14-7-12(17)5-3-10(14)8-15/h2-7H,8H2,1H3. The van der Waals surface area contributed by atoms with Crippen molar-refractivity contribution in [2.24, 2.45) is 0 Å². The van der Waals surface area contributed by atoms with Gasteiger partial charge in [0.15, 0.2) is 0 Å².